The van der Waals surface area contributed by atoms with Crippen LogP contribution >= 0.6 is 0 Å². The van der Waals surface area contributed by atoms with Crippen LogP contribution in [0, 0.1) is 0 Å². The molecule has 0 aromatic rings. The van der Waals surface area contributed by atoms with Gasteiger partial charge in [-0.2, -0.15) is 0 Å². The number of aliphatic hydroxyl groups is 8. The normalized spacial score (nSPS) is 56.4. The van der Waals surface area contributed by atoms with E-state index in [2.05, 4.69) is 0 Å². The Labute approximate surface area is 178 Å². The molecule has 182 valence electrons. The fraction of sp³-hybridized carbons (Fsp3) is 1.00. The first kappa shape index (κ1) is 25.1. The highest BCUT2D eigenvalue weighted by molar-refractivity contribution is 4.94. The van der Waals surface area contributed by atoms with Crippen molar-refractivity contribution in [2.24, 2.45) is 0 Å². The lowest BCUT2D eigenvalue weighted by Gasteiger charge is -2.47. The molecule has 0 saturated carbocycles. The number of ether oxygens (including phenoxy) is 5. The molecule has 13 nitrogen and oxygen atoms in total. The van der Waals surface area contributed by atoms with Gasteiger partial charge in [-0.15, -0.1) is 0 Å². The molecule has 3 aliphatic heterocycles. The van der Waals surface area contributed by atoms with Crippen molar-refractivity contribution in [3.8, 4) is 0 Å². The maximum Gasteiger partial charge on any atom is 0.187 e. The van der Waals surface area contributed by atoms with Gasteiger partial charge in [0.2, 0.25) is 0 Å². The van der Waals surface area contributed by atoms with Crippen LogP contribution in [0.15, 0.2) is 0 Å². The molecule has 0 amide bonds. The number of aliphatic hydroxyl groups excluding tert-OH is 8. The molecule has 0 unspecified atom stereocenters. The van der Waals surface area contributed by atoms with Crippen molar-refractivity contribution in [2.75, 3.05) is 0 Å². The lowest BCUT2D eigenvalue weighted by Crippen LogP contribution is -2.65. The smallest absolute Gasteiger partial charge is 0.187 e. The van der Waals surface area contributed by atoms with Crippen molar-refractivity contribution in [3.05, 3.63) is 0 Å². The van der Waals surface area contributed by atoms with Crippen LogP contribution in [0.1, 0.15) is 20.8 Å². The average Bonchev–Trinajstić information content (AvgIpc) is 2.72. The predicted molar refractivity (Wildman–Crippen MR) is 97.0 cm³/mol. The van der Waals surface area contributed by atoms with Gasteiger partial charge < -0.3 is 64.5 Å². The molecule has 8 N–H and O–H groups in total. The molecule has 3 heterocycles. The summed E-state index contributed by atoms with van der Waals surface area (Å²) in [6.45, 7) is 4.34. The van der Waals surface area contributed by atoms with Crippen LogP contribution in [0.3, 0.4) is 0 Å². The van der Waals surface area contributed by atoms with Gasteiger partial charge in [-0.3, -0.25) is 0 Å². The summed E-state index contributed by atoms with van der Waals surface area (Å²) in [5.74, 6) is 0. The molecule has 15 atom stereocenters. The van der Waals surface area contributed by atoms with Crippen molar-refractivity contribution in [3.63, 3.8) is 0 Å². The van der Waals surface area contributed by atoms with Crippen LogP contribution in [0.4, 0.5) is 0 Å². The van der Waals surface area contributed by atoms with E-state index in [1.165, 1.54) is 20.8 Å². The van der Waals surface area contributed by atoms with Gasteiger partial charge in [0.1, 0.15) is 54.9 Å². The van der Waals surface area contributed by atoms with Crippen molar-refractivity contribution < 1.29 is 64.5 Å². The molecule has 0 radical (unpaired) electrons. The molecule has 3 fully saturated rings. The second-order valence-corrected chi connectivity index (χ2v) is 8.29. The van der Waals surface area contributed by atoms with E-state index >= 15 is 0 Å². The van der Waals surface area contributed by atoms with Gasteiger partial charge in [0.05, 0.1) is 18.3 Å². The third-order valence-corrected chi connectivity index (χ3v) is 5.98. The van der Waals surface area contributed by atoms with E-state index in [4.69, 9.17) is 23.7 Å². The Balaban J connectivity index is 1.80. The molecule has 31 heavy (non-hydrogen) atoms. The third kappa shape index (κ3) is 4.89. The van der Waals surface area contributed by atoms with Crippen molar-refractivity contribution in [1.82, 2.24) is 0 Å². The summed E-state index contributed by atoms with van der Waals surface area (Å²) in [7, 11) is 0. The molecule has 0 bridgehead atoms. The van der Waals surface area contributed by atoms with Gasteiger partial charge in [-0.25, -0.2) is 0 Å². The van der Waals surface area contributed by atoms with Gasteiger partial charge in [0.25, 0.3) is 0 Å². The minimum absolute atomic E-state index is 0.903. The fourth-order valence-electron chi connectivity index (χ4n) is 3.87. The second kappa shape index (κ2) is 9.77. The largest absolute Gasteiger partial charge is 0.388 e. The highest BCUT2D eigenvalue weighted by Crippen LogP contribution is 2.32. The average molecular weight is 456 g/mol. The lowest BCUT2D eigenvalue weighted by molar-refractivity contribution is -0.382. The predicted octanol–water partition coefficient (Wildman–Crippen LogP) is -4.49. The summed E-state index contributed by atoms with van der Waals surface area (Å²) >= 11 is 0. The number of hydrogen-bond donors (Lipinski definition) is 8. The Kier molecular flexibility index (Phi) is 7.91. The fourth-order valence-corrected chi connectivity index (χ4v) is 3.87. The molecule has 0 aliphatic carbocycles. The minimum Gasteiger partial charge on any atom is -0.388 e. The quantitative estimate of drug-likeness (QED) is 0.201. The van der Waals surface area contributed by atoms with Gasteiger partial charge in [0, 0.05) is 0 Å². The summed E-state index contributed by atoms with van der Waals surface area (Å²) in [6.07, 6.45) is -21.1. The number of hydrogen-bond acceptors (Lipinski definition) is 13. The summed E-state index contributed by atoms with van der Waals surface area (Å²) in [5.41, 5.74) is 0. The second-order valence-electron chi connectivity index (χ2n) is 8.29. The highest BCUT2D eigenvalue weighted by Gasteiger charge is 2.52. The summed E-state index contributed by atoms with van der Waals surface area (Å²) in [6, 6.07) is 0. The lowest BCUT2D eigenvalue weighted by atomic mass is 9.97. The summed E-state index contributed by atoms with van der Waals surface area (Å²) in [4.78, 5) is 0. The first-order chi connectivity index (χ1) is 14.4. The summed E-state index contributed by atoms with van der Waals surface area (Å²) in [5, 5.41) is 81.1. The first-order valence-electron chi connectivity index (χ1n) is 10.2. The van der Waals surface area contributed by atoms with E-state index in [1.54, 1.807) is 0 Å². The maximum atomic E-state index is 10.6. The van der Waals surface area contributed by atoms with Gasteiger partial charge in [0.15, 0.2) is 18.9 Å². The molecule has 3 saturated heterocycles. The van der Waals surface area contributed by atoms with Crippen LogP contribution < -0.4 is 0 Å². The minimum atomic E-state index is -1.70. The van der Waals surface area contributed by atoms with Crippen LogP contribution in [0.2, 0.25) is 0 Å². The Morgan fingerprint density at radius 3 is 1.55 bits per heavy atom. The Bertz CT molecular complexity index is 581. The van der Waals surface area contributed by atoms with E-state index in [9.17, 15) is 40.9 Å². The molecular formula is C18H32O13. The van der Waals surface area contributed by atoms with E-state index < -0.39 is 92.1 Å². The van der Waals surface area contributed by atoms with Gasteiger partial charge in [-0.05, 0) is 20.8 Å². The Hall–Kier alpha value is -0.520. The molecule has 13 heteroatoms. The SMILES string of the molecule is C[C@H]1O[C@H](O[C@@H]2[C@@H](O[C@H]3[C@H](O)[C@@H](C)O[C@H](O)[C@H]3O)O[C@H](C)[C@@H](O)[C@@H]2O)[C@@H](O)[C@@H](O)[C@@H]1O. The molecular weight excluding hydrogens is 424 g/mol. The number of rotatable bonds is 4. The Morgan fingerprint density at radius 1 is 0.452 bits per heavy atom. The zero-order chi connectivity index (χ0) is 23.2. The van der Waals surface area contributed by atoms with Crippen molar-refractivity contribution in [2.45, 2.75) is 113 Å². The van der Waals surface area contributed by atoms with E-state index in [0.29, 0.717) is 0 Å². The standard InChI is InChI=1S/C18H32O13/c1-4-7(19)10(22)12(24)17(28-4)31-15-11(23)8(20)5(2)29-18(15)30-14-9(21)6(3)27-16(26)13(14)25/h4-26H,1-3H3/t4-,5-,6-,7-,8-,9-,10+,11+,12+,13+,14+,15+,16+,17-,18-/m1/s1. The van der Waals surface area contributed by atoms with Crippen LogP contribution in [0.5, 0.6) is 0 Å². The Morgan fingerprint density at radius 2 is 0.935 bits per heavy atom. The van der Waals surface area contributed by atoms with Crippen molar-refractivity contribution >= 4 is 0 Å². The third-order valence-electron chi connectivity index (χ3n) is 5.98. The molecule has 3 rings (SSSR count). The molecule has 0 aromatic carbocycles. The zero-order valence-electron chi connectivity index (χ0n) is 17.3. The van der Waals surface area contributed by atoms with Crippen molar-refractivity contribution in [1.29, 1.82) is 0 Å². The highest BCUT2D eigenvalue weighted by atomic mass is 16.8. The van der Waals surface area contributed by atoms with E-state index in [1.807, 2.05) is 0 Å². The topological polar surface area (TPSA) is 208 Å². The summed E-state index contributed by atoms with van der Waals surface area (Å²) < 4.78 is 27.1. The zero-order valence-corrected chi connectivity index (χ0v) is 17.3. The van der Waals surface area contributed by atoms with Crippen LogP contribution in [-0.4, -0.2) is 133 Å². The molecule has 3 aliphatic rings. The molecule has 0 spiro atoms. The molecule has 0 aromatic heterocycles. The van der Waals surface area contributed by atoms with Gasteiger partial charge in [-0.1, -0.05) is 0 Å². The van der Waals surface area contributed by atoms with E-state index in [-0.39, 0.29) is 0 Å². The van der Waals surface area contributed by atoms with E-state index in [0.717, 1.165) is 0 Å². The van der Waals surface area contributed by atoms with Gasteiger partial charge >= 0.3 is 0 Å². The van der Waals surface area contributed by atoms with Crippen LogP contribution in [0.25, 0.3) is 0 Å². The first-order valence-corrected chi connectivity index (χ1v) is 10.2. The maximum absolute atomic E-state index is 10.6. The monoisotopic (exact) mass is 456 g/mol. The van der Waals surface area contributed by atoms with Crippen LogP contribution in [-0.2, 0) is 23.7 Å².